The lowest BCUT2D eigenvalue weighted by atomic mass is 9.43. The van der Waals surface area contributed by atoms with Crippen LogP contribution in [0.25, 0.3) is 0 Å². The van der Waals surface area contributed by atoms with E-state index in [0.717, 1.165) is 64.4 Å². The van der Waals surface area contributed by atoms with Gasteiger partial charge in [-0.25, -0.2) is 0 Å². The third kappa shape index (κ3) is 4.92. The second-order valence-electron chi connectivity index (χ2n) is 14.7. The predicted octanol–water partition coefficient (Wildman–Crippen LogP) is 7.68. The SMILES string of the molecule is COC[C@H]1CC[C@](O)(CCC[C@@H]2CC[C@H]3[C@@H]4CC[C@H]5C[C@](O)(C(F)(F)F)CC[C@]5(C)[C@H]4CC[C@]23C)CC1. The van der Waals surface area contributed by atoms with Crippen molar-refractivity contribution in [2.45, 2.75) is 134 Å². The minimum absolute atomic E-state index is 0.0181. The highest BCUT2D eigenvalue weighted by atomic mass is 19.4. The Morgan fingerprint density at radius 1 is 0.811 bits per heavy atom. The maximum Gasteiger partial charge on any atom is 0.417 e. The second-order valence-corrected chi connectivity index (χ2v) is 14.7. The van der Waals surface area contributed by atoms with E-state index in [2.05, 4.69) is 13.8 Å². The third-order valence-corrected chi connectivity index (χ3v) is 13.1. The number of rotatable bonds is 6. The number of hydrogen-bond acceptors (Lipinski definition) is 3. The molecule has 0 aromatic rings. The van der Waals surface area contributed by atoms with Crippen molar-refractivity contribution in [1.29, 1.82) is 0 Å². The highest BCUT2D eigenvalue weighted by molar-refractivity contribution is 5.11. The summed E-state index contributed by atoms with van der Waals surface area (Å²) in [5.41, 5.74) is -2.71. The predicted molar refractivity (Wildman–Crippen MR) is 139 cm³/mol. The van der Waals surface area contributed by atoms with Gasteiger partial charge in [-0.1, -0.05) is 20.3 Å². The van der Waals surface area contributed by atoms with Gasteiger partial charge in [0.05, 0.1) is 5.60 Å². The van der Waals surface area contributed by atoms with Gasteiger partial charge in [-0.2, -0.15) is 13.2 Å². The fourth-order valence-corrected chi connectivity index (χ4v) is 10.6. The Morgan fingerprint density at radius 2 is 1.51 bits per heavy atom. The number of halogens is 3. The summed E-state index contributed by atoms with van der Waals surface area (Å²) in [4.78, 5) is 0. The fourth-order valence-electron chi connectivity index (χ4n) is 10.6. The standard InChI is InChI=1S/C31H51F3O3/c1-27-14-12-26-24(8-6-23-19-30(36,31(32,33)34)18-17-28(23,26)2)25(27)9-7-22(27)5-4-13-29(35)15-10-21(11-16-29)20-37-3/h21-26,35-36H,4-20H2,1-3H3/t21-,22-,23+,24+,25+,26+,27-,28+,29+,30+/m1/s1. The molecule has 0 radical (unpaired) electrons. The fraction of sp³-hybridized carbons (Fsp3) is 1.00. The van der Waals surface area contributed by atoms with E-state index in [4.69, 9.17) is 4.74 Å². The van der Waals surface area contributed by atoms with Crippen LogP contribution in [0.3, 0.4) is 0 Å². The van der Waals surface area contributed by atoms with Crippen LogP contribution in [0, 0.1) is 46.3 Å². The Morgan fingerprint density at radius 3 is 2.19 bits per heavy atom. The molecule has 0 aromatic heterocycles. The Balaban J connectivity index is 1.18. The summed E-state index contributed by atoms with van der Waals surface area (Å²) in [6, 6.07) is 0. The van der Waals surface area contributed by atoms with E-state index in [9.17, 15) is 23.4 Å². The van der Waals surface area contributed by atoms with Crippen molar-refractivity contribution in [2.24, 2.45) is 46.3 Å². The van der Waals surface area contributed by atoms with Gasteiger partial charge in [0.1, 0.15) is 0 Å². The highest BCUT2D eigenvalue weighted by Gasteiger charge is 2.64. The molecule has 5 fully saturated rings. The molecule has 0 spiro atoms. The van der Waals surface area contributed by atoms with E-state index in [1.807, 2.05) is 0 Å². The van der Waals surface area contributed by atoms with E-state index in [0.29, 0.717) is 41.4 Å². The largest absolute Gasteiger partial charge is 0.417 e. The zero-order valence-electron chi connectivity index (χ0n) is 23.4. The molecular formula is C31H51F3O3. The van der Waals surface area contributed by atoms with Crippen LogP contribution in [0.15, 0.2) is 0 Å². The molecule has 0 saturated heterocycles. The molecule has 5 rings (SSSR count). The van der Waals surface area contributed by atoms with Gasteiger partial charge in [0, 0.05) is 13.7 Å². The monoisotopic (exact) mass is 528 g/mol. The zero-order chi connectivity index (χ0) is 26.7. The lowest BCUT2D eigenvalue weighted by Crippen LogP contribution is -2.59. The summed E-state index contributed by atoms with van der Waals surface area (Å²) in [6.07, 6.45) is 9.63. The van der Waals surface area contributed by atoms with Crippen LogP contribution in [0.4, 0.5) is 13.2 Å². The molecule has 0 bridgehead atoms. The van der Waals surface area contributed by atoms with Crippen LogP contribution < -0.4 is 0 Å². The molecule has 5 aliphatic carbocycles. The molecule has 0 aromatic carbocycles. The first-order chi connectivity index (χ1) is 17.3. The average molecular weight is 529 g/mol. The van der Waals surface area contributed by atoms with Crippen LogP contribution in [-0.2, 0) is 4.74 Å². The lowest BCUT2D eigenvalue weighted by Gasteiger charge is -2.62. The highest BCUT2D eigenvalue weighted by Crippen LogP contribution is 2.69. The third-order valence-electron chi connectivity index (χ3n) is 13.1. The molecule has 3 nitrogen and oxygen atoms in total. The summed E-state index contributed by atoms with van der Waals surface area (Å²) < 4.78 is 46.2. The molecule has 37 heavy (non-hydrogen) atoms. The van der Waals surface area contributed by atoms with Gasteiger partial charge in [0.2, 0.25) is 0 Å². The zero-order valence-corrected chi connectivity index (χ0v) is 23.4. The summed E-state index contributed by atoms with van der Waals surface area (Å²) in [6.45, 7) is 5.60. The minimum Gasteiger partial charge on any atom is -0.390 e. The Labute approximate surface area is 222 Å². The van der Waals surface area contributed by atoms with E-state index < -0.39 is 17.4 Å². The molecule has 0 amide bonds. The first-order valence-electron chi connectivity index (χ1n) is 15.3. The van der Waals surface area contributed by atoms with Gasteiger partial charge in [0.25, 0.3) is 0 Å². The van der Waals surface area contributed by atoms with Gasteiger partial charge in [-0.3, -0.25) is 0 Å². The summed E-state index contributed by atoms with van der Waals surface area (Å²) >= 11 is 0. The number of aliphatic hydroxyl groups is 2. The molecule has 6 heteroatoms. The molecule has 0 aliphatic heterocycles. The Hall–Kier alpha value is -0.330. The van der Waals surface area contributed by atoms with Gasteiger partial charge >= 0.3 is 6.18 Å². The van der Waals surface area contributed by atoms with Crippen molar-refractivity contribution in [3.8, 4) is 0 Å². The van der Waals surface area contributed by atoms with Crippen LogP contribution in [0.5, 0.6) is 0 Å². The number of fused-ring (bicyclic) bond motifs is 5. The van der Waals surface area contributed by atoms with Crippen LogP contribution in [0.2, 0.25) is 0 Å². The summed E-state index contributed by atoms with van der Waals surface area (Å²) in [5.74, 6) is 3.10. The first-order valence-corrected chi connectivity index (χ1v) is 15.3. The van der Waals surface area contributed by atoms with Gasteiger partial charge < -0.3 is 14.9 Å². The molecule has 214 valence electrons. The minimum atomic E-state index is -4.52. The number of alkyl halides is 3. The van der Waals surface area contributed by atoms with Crippen molar-refractivity contribution in [1.82, 2.24) is 0 Å². The topological polar surface area (TPSA) is 49.7 Å². The molecule has 8 atom stereocenters. The average Bonchev–Trinajstić information content (AvgIpc) is 3.17. The lowest BCUT2D eigenvalue weighted by molar-refractivity contribution is -0.290. The van der Waals surface area contributed by atoms with Gasteiger partial charge in [-0.05, 0) is 143 Å². The van der Waals surface area contributed by atoms with Gasteiger partial charge in [0.15, 0.2) is 5.60 Å². The smallest absolute Gasteiger partial charge is 0.390 e. The summed E-state index contributed by atoms with van der Waals surface area (Å²) in [7, 11) is 1.76. The molecule has 5 saturated carbocycles. The van der Waals surface area contributed by atoms with Crippen LogP contribution in [0.1, 0.15) is 117 Å². The maximum absolute atomic E-state index is 13.6. The van der Waals surface area contributed by atoms with Crippen molar-refractivity contribution < 1.29 is 28.1 Å². The maximum atomic E-state index is 13.6. The van der Waals surface area contributed by atoms with Crippen LogP contribution >= 0.6 is 0 Å². The van der Waals surface area contributed by atoms with Crippen LogP contribution in [-0.4, -0.2) is 41.3 Å². The first kappa shape index (κ1) is 28.2. The molecule has 2 N–H and O–H groups in total. The molecule has 0 unspecified atom stereocenters. The summed E-state index contributed by atoms with van der Waals surface area (Å²) in [5, 5.41) is 21.6. The van der Waals surface area contributed by atoms with Crippen molar-refractivity contribution in [3.05, 3.63) is 0 Å². The Bertz CT molecular complexity index is 808. The molecule has 0 heterocycles. The van der Waals surface area contributed by atoms with Gasteiger partial charge in [-0.15, -0.1) is 0 Å². The number of methoxy groups -OCH3 is 1. The quantitative estimate of drug-likeness (QED) is 0.372. The van der Waals surface area contributed by atoms with Crippen molar-refractivity contribution >= 4 is 0 Å². The van der Waals surface area contributed by atoms with E-state index in [1.165, 1.54) is 25.7 Å². The molecular weight excluding hydrogens is 477 g/mol. The van der Waals surface area contributed by atoms with E-state index in [-0.39, 0.29) is 24.2 Å². The number of ether oxygens (including phenoxy) is 1. The normalized spacial score (nSPS) is 50.3. The van der Waals surface area contributed by atoms with Crippen molar-refractivity contribution in [2.75, 3.05) is 13.7 Å². The number of hydrogen-bond donors (Lipinski definition) is 2. The second kappa shape index (κ2) is 9.94. The van der Waals surface area contributed by atoms with E-state index in [1.54, 1.807) is 7.11 Å². The molecule has 5 aliphatic rings. The van der Waals surface area contributed by atoms with E-state index >= 15 is 0 Å². The Kier molecular flexibility index (Phi) is 7.58. The van der Waals surface area contributed by atoms with Crippen molar-refractivity contribution in [3.63, 3.8) is 0 Å².